The van der Waals surface area contributed by atoms with E-state index >= 15 is 0 Å². The summed E-state index contributed by atoms with van der Waals surface area (Å²) in [4.78, 5) is 9.38. The van der Waals surface area contributed by atoms with Gasteiger partial charge in [0.1, 0.15) is 0 Å². The molecular weight excluding hydrogens is 407 g/mol. The second kappa shape index (κ2) is 10.3. The summed E-state index contributed by atoms with van der Waals surface area (Å²) in [7, 11) is -5.22. The van der Waals surface area contributed by atoms with Crippen LogP contribution in [0, 0.1) is 11.8 Å². The predicted octanol–water partition coefficient (Wildman–Crippen LogP) is 1.79. The van der Waals surface area contributed by atoms with Crippen LogP contribution in [0.4, 0.5) is 13.2 Å². The van der Waals surface area contributed by atoms with E-state index in [0.717, 1.165) is 45.2 Å². The van der Waals surface area contributed by atoms with E-state index in [-0.39, 0.29) is 19.0 Å². The van der Waals surface area contributed by atoms with Crippen molar-refractivity contribution in [2.45, 2.75) is 39.1 Å². The molecule has 0 aromatic rings. The quantitative estimate of drug-likeness (QED) is 0.503. The number of alkyl halides is 3. The summed E-state index contributed by atoms with van der Waals surface area (Å²) in [5.74, 6) is 1.56. The second-order valence-electron chi connectivity index (χ2n) is 8.17. The molecule has 0 atom stereocenters. The molecule has 7 nitrogen and oxygen atoms in total. The normalized spacial score (nSPS) is 21.8. The van der Waals surface area contributed by atoms with Crippen LogP contribution in [0.1, 0.15) is 33.6 Å². The molecular formula is C18H34F3N5O2S. The van der Waals surface area contributed by atoms with Gasteiger partial charge in [0.2, 0.25) is 0 Å². The number of piperidine rings is 1. The highest BCUT2D eigenvalue weighted by molar-refractivity contribution is 7.90. The smallest absolute Gasteiger partial charge is 0.357 e. The summed E-state index contributed by atoms with van der Waals surface area (Å²) in [6, 6.07) is 0. The fourth-order valence-corrected chi connectivity index (χ4v) is 4.76. The molecule has 0 unspecified atom stereocenters. The first-order valence-corrected chi connectivity index (χ1v) is 11.8. The van der Waals surface area contributed by atoms with Crippen molar-refractivity contribution in [3.63, 3.8) is 0 Å². The van der Waals surface area contributed by atoms with Crippen LogP contribution in [0.2, 0.25) is 0 Å². The molecule has 0 aliphatic carbocycles. The third kappa shape index (κ3) is 6.71. The number of nitrogens with one attached hydrogen (secondary N) is 1. The van der Waals surface area contributed by atoms with Crippen molar-refractivity contribution in [2.24, 2.45) is 16.8 Å². The topological polar surface area (TPSA) is 68.2 Å². The van der Waals surface area contributed by atoms with E-state index in [4.69, 9.17) is 4.99 Å². The molecule has 2 rings (SSSR count). The lowest BCUT2D eigenvalue weighted by molar-refractivity contribution is -0.0496. The number of hydrogen-bond acceptors (Lipinski definition) is 4. The maximum Gasteiger partial charge on any atom is 0.511 e. The molecule has 0 aromatic carbocycles. The molecule has 0 saturated carbocycles. The standard InChI is InChI=1S/C18H34F3N5O2S/c1-4-22-17(25-11-9-24(10-12-25)14-15(2)3)23-13-16-5-7-26(8-6-16)29(27,28)18(19,20)21/h15-16H,4-14H2,1-3H3,(H,22,23). The zero-order valence-electron chi connectivity index (χ0n) is 17.6. The average Bonchev–Trinajstić information content (AvgIpc) is 2.65. The lowest BCUT2D eigenvalue weighted by Gasteiger charge is -2.37. The number of rotatable bonds is 6. The Hall–Kier alpha value is -1.07. The highest BCUT2D eigenvalue weighted by Crippen LogP contribution is 2.30. The minimum absolute atomic E-state index is 0.0885. The van der Waals surface area contributed by atoms with E-state index in [1.54, 1.807) is 0 Å². The van der Waals surface area contributed by atoms with Crippen molar-refractivity contribution in [3.8, 4) is 0 Å². The van der Waals surface area contributed by atoms with Gasteiger partial charge >= 0.3 is 15.5 Å². The first kappa shape index (κ1) is 24.2. The van der Waals surface area contributed by atoms with Crippen LogP contribution in [-0.4, -0.2) is 92.9 Å². The Morgan fingerprint density at radius 2 is 1.69 bits per heavy atom. The van der Waals surface area contributed by atoms with Gasteiger partial charge in [0.15, 0.2) is 5.96 Å². The molecule has 0 amide bonds. The third-order valence-corrected chi connectivity index (χ3v) is 6.97. The number of guanidine groups is 1. The van der Waals surface area contributed by atoms with Gasteiger partial charge < -0.3 is 10.2 Å². The summed E-state index contributed by atoms with van der Waals surface area (Å²) < 4.78 is 61.6. The van der Waals surface area contributed by atoms with Gasteiger partial charge in [-0.2, -0.15) is 17.5 Å². The molecule has 0 spiro atoms. The van der Waals surface area contributed by atoms with Crippen LogP contribution in [0.25, 0.3) is 0 Å². The van der Waals surface area contributed by atoms with E-state index in [2.05, 4.69) is 29.0 Å². The predicted molar refractivity (Wildman–Crippen MR) is 108 cm³/mol. The number of halogens is 3. The zero-order valence-corrected chi connectivity index (χ0v) is 18.4. The Balaban J connectivity index is 1.87. The molecule has 0 radical (unpaired) electrons. The summed E-state index contributed by atoms with van der Waals surface area (Å²) in [6.45, 7) is 12.3. The minimum Gasteiger partial charge on any atom is -0.357 e. The Kier molecular flexibility index (Phi) is 8.59. The molecule has 2 heterocycles. The van der Waals surface area contributed by atoms with Crippen LogP contribution in [0.5, 0.6) is 0 Å². The molecule has 29 heavy (non-hydrogen) atoms. The van der Waals surface area contributed by atoms with E-state index in [0.29, 0.717) is 29.6 Å². The van der Waals surface area contributed by atoms with Gasteiger partial charge in [-0.25, -0.2) is 8.42 Å². The average molecular weight is 442 g/mol. The van der Waals surface area contributed by atoms with Crippen molar-refractivity contribution in [2.75, 3.05) is 58.9 Å². The minimum atomic E-state index is -5.23. The highest BCUT2D eigenvalue weighted by Gasteiger charge is 2.50. The number of nitrogens with zero attached hydrogens (tertiary/aromatic N) is 4. The van der Waals surface area contributed by atoms with Gasteiger partial charge in [0, 0.05) is 58.9 Å². The summed E-state index contributed by atoms with van der Waals surface area (Å²) in [5.41, 5.74) is -5.23. The van der Waals surface area contributed by atoms with E-state index in [1.807, 2.05) is 6.92 Å². The third-order valence-electron chi connectivity index (χ3n) is 5.34. The first-order valence-electron chi connectivity index (χ1n) is 10.4. The maximum absolute atomic E-state index is 12.7. The molecule has 11 heteroatoms. The molecule has 1 N–H and O–H groups in total. The van der Waals surface area contributed by atoms with Crippen LogP contribution in [-0.2, 0) is 10.0 Å². The van der Waals surface area contributed by atoms with Crippen LogP contribution in [0.3, 0.4) is 0 Å². The Labute approximate surface area is 172 Å². The molecule has 170 valence electrons. The Morgan fingerprint density at radius 3 is 2.17 bits per heavy atom. The zero-order chi connectivity index (χ0) is 21.7. The van der Waals surface area contributed by atoms with Gasteiger partial charge in [-0.15, -0.1) is 0 Å². The fourth-order valence-electron chi connectivity index (χ4n) is 3.78. The van der Waals surface area contributed by atoms with Crippen molar-refractivity contribution >= 4 is 16.0 Å². The Bertz CT molecular complexity index is 638. The molecule has 0 aromatic heterocycles. The van der Waals surface area contributed by atoms with E-state index < -0.39 is 15.5 Å². The van der Waals surface area contributed by atoms with E-state index in [9.17, 15) is 21.6 Å². The SMILES string of the molecule is CCNC(=NCC1CCN(S(=O)(=O)C(F)(F)F)CC1)N1CCN(CC(C)C)CC1. The number of sulfonamides is 1. The monoisotopic (exact) mass is 441 g/mol. The van der Waals surface area contributed by atoms with Crippen LogP contribution >= 0.6 is 0 Å². The molecule has 0 bridgehead atoms. The number of piperazine rings is 1. The van der Waals surface area contributed by atoms with Crippen molar-refractivity contribution in [1.29, 1.82) is 0 Å². The largest absolute Gasteiger partial charge is 0.511 e. The second-order valence-corrected chi connectivity index (χ2v) is 10.1. The lowest BCUT2D eigenvalue weighted by Crippen LogP contribution is -2.53. The molecule has 2 fully saturated rings. The first-order chi connectivity index (χ1) is 13.5. The van der Waals surface area contributed by atoms with Crippen molar-refractivity contribution < 1.29 is 21.6 Å². The van der Waals surface area contributed by atoms with Gasteiger partial charge in [-0.1, -0.05) is 13.8 Å². The van der Waals surface area contributed by atoms with Gasteiger partial charge in [-0.3, -0.25) is 9.89 Å². The summed E-state index contributed by atoms with van der Waals surface area (Å²) in [6.07, 6.45) is 0.779. The van der Waals surface area contributed by atoms with Crippen LogP contribution in [0.15, 0.2) is 4.99 Å². The number of hydrogen-bond donors (Lipinski definition) is 1. The van der Waals surface area contributed by atoms with Crippen LogP contribution < -0.4 is 5.32 Å². The van der Waals surface area contributed by atoms with Crippen molar-refractivity contribution in [3.05, 3.63) is 0 Å². The molecule has 2 saturated heterocycles. The van der Waals surface area contributed by atoms with Gasteiger partial charge in [0.25, 0.3) is 0 Å². The summed E-state index contributed by atoms with van der Waals surface area (Å²) >= 11 is 0. The molecule has 2 aliphatic rings. The number of aliphatic imine (C=N–C) groups is 1. The lowest BCUT2D eigenvalue weighted by atomic mass is 9.98. The molecule has 2 aliphatic heterocycles. The van der Waals surface area contributed by atoms with E-state index in [1.165, 1.54) is 0 Å². The summed E-state index contributed by atoms with van der Waals surface area (Å²) in [5, 5.41) is 3.30. The van der Waals surface area contributed by atoms with Gasteiger partial charge in [0.05, 0.1) is 0 Å². The van der Waals surface area contributed by atoms with Gasteiger partial charge in [-0.05, 0) is 31.6 Å². The maximum atomic E-state index is 12.7. The Morgan fingerprint density at radius 1 is 1.10 bits per heavy atom. The fraction of sp³-hybridized carbons (Fsp3) is 0.944. The highest BCUT2D eigenvalue weighted by atomic mass is 32.2. The van der Waals surface area contributed by atoms with Crippen molar-refractivity contribution in [1.82, 2.24) is 19.4 Å².